The molecule has 10 heavy (non-hydrogen) atoms. The molecule has 0 saturated heterocycles. The van der Waals surface area contributed by atoms with Gasteiger partial charge in [0.05, 0.1) is 5.57 Å². The first-order valence-electron chi connectivity index (χ1n) is 3.12. The molecule has 0 heterocycles. The Bertz CT molecular complexity index is 232. The predicted octanol–water partition coefficient (Wildman–Crippen LogP) is 1.53. The monoisotopic (exact) mass is 152 g/mol. The van der Waals surface area contributed by atoms with Crippen molar-refractivity contribution < 1.29 is 4.79 Å². The molecule has 0 bridgehead atoms. The molecular weight excluding hydrogens is 144 g/mol. The van der Waals surface area contributed by atoms with Crippen LogP contribution < -0.4 is 0 Å². The van der Waals surface area contributed by atoms with Crippen LogP contribution in [0.2, 0.25) is 0 Å². The lowest BCUT2D eigenvalue weighted by Crippen LogP contribution is -1.98. The Morgan fingerprint density at radius 2 is 2.50 bits per heavy atom. The molecule has 0 fully saturated rings. The summed E-state index contributed by atoms with van der Waals surface area (Å²) in [6.45, 7) is 0. The van der Waals surface area contributed by atoms with E-state index in [0.29, 0.717) is 17.7 Å². The van der Waals surface area contributed by atoms with E-state index in [-0.39, 0.29) is 5.78 Å². The average Bonchev–Trinajstić information content (AvgIpc) is 2.38. The van der Waals surface area contributed by atoms with Gasteiger partial charge in [0.25, 0.3) is 0 Å². The smallest absolute Gasteiger partial charge is 0.171 e. The van der Waals surface area contributed by atoms with Crippen molar-refractivity contribution in [1.29, 1.82) is 0 Å². The molecule has 0 aliphatic heterocycles. The molecule has 0 N–H and O–H groups in total. The van der Waals surface area contributed by atoms with Crippen molar-refractivity contribution >= 4 is 18.4 Å². The molecule has 0 aromatic heterocycles. The van der Waals surface area contributed by atoms with Crippen molar-refractivity contribution in [3.63, 3.8) is 0 Å². The number of carbonyl (C=O) groups excluding carboxylic acids is 1. The van der Waals surface area contributed by atoms with Gasteiger partial charge in [-0.3, -0.25) is 4.79 Å². The first-order valence-corrected chi connectivity index (χ1v) is 3.75. The lowest BCUT2D eigenvalue weighted by atomic mass is 10.1. The van der Waals surface area contributed by atoms with E-state index in [1.807, 2.05) is 6.08 Å². The summed E-state index contributed by atoms with van der Waals surface area (Å²) in [5.74, 6) is 0.734. The van der Waals surface area contributed by atoms with Gasteiger partial charge in [0.1, 0.15) is 0 Å². The molecule has 1 nitrogen and oxygen atoms in total. The Balaban J connectivity index is 2.58. The molecule has 1 aliphatic carbocycles. The summed E-state index contributed by atoms with van der Waals surface area (Å²) in [5, 5.41) is 0. The summed E-state index contributed by atoms with van der Waals surface area (Å²) in [6, 6.07) is 0. The van der Waals surface area contributed by atoms with Crippen LogP contribution in [-0.4, -0.2) is 11.5 Å². The van der Waals surface area contributed by atoms with Gasteiger partial charge >= 0.3 is 0 Å². The third kappa shape index (κ3) is 1.63. The Kier molecular flexibility index (Phi) is 2.55. The third-order valence-electron chi connectivity index (χ3n) is 1.24. The van der Waals surface area contributed by atoms with Gasteiger partial charge in [-0.05, 0) is 17.9 Å². The van der Waals surface area contributed by atoms with Crippen LogP contribution in [0.25, 0.3) is 0 Å². The normalized spacial score (nSPS) is 13.9. The van der Waals surface area contributed by atoms with Crippen LogP contribution in [0.5, 0.6) is 0 Å². The molecule has 0 unspecified atom stereocenters. The molecule has 1 aliphatic rings. The molecule has 52 valence electrons. The van der Waals surface area contributed by atoms with E-state index in [1.54, 1.807) is 12.2 Å². The Morgan fingerprint density at radius 3 is 3.00 bits per heavy atom. The largest absolute Gasteiger partial charge is 0.293 e. The molecule has 0 amide bonds. The summed E-state index contributed by atoms with van der Waals surface area (Å²) in [5.41, 5.74) is 3.51. The number of carbonyl (C=O) groups is 1. The summed E-state index contributed by atoms with van der Waals surface area (Å²) in [7, 11) is 0. The van der Waals surface area contributed by atoms with Crippen LogP contribution >= 0.6 is 12.6 Å². The van der Waals surface area contributed by atoms with Crippen LogP contribution in [0.1, 0.15) is 6.42 Å². The lowest BCUT2D eigenvalue weighted by molar-refractivity contribution is -0.114. The van der Waals surface area contributed by atoms with Gasteiger partial charge in [0.2, 0.25) is 0 Å². The van der Waals surface area contributed by atoms with Crippen molar-refractivity contribution in [2.24, 2.45) is 0 Å². The van der Waals surface area contributed by atoms with Gasteiger partial charge in [0, 0.05) is 6.42 Å². The van der Waals surface area contributed by atoms with E-state index in [0.717, 1.165) is 0 Å². The molecule has 0 atom stereocenters. The van der Waals surface area contributed by atoms with Crippen molar-refractivity contribution in [2.45, 2.75) is 6.42 Å². The van der Waals surface area contributed by atoms with Crippen LogP contribution in [0.15, 0.2) is 29.5 Å². The molecular formula is C8H8OS. The third-order valence-corrected chi connectivity index (χ3v) is 1.46. The van der Waals surface area contributed by atoms with E-state index in [4.69, 9.17) is 0 Å². The van der Waals surface area contributed by atoms with E-state index in [2.05, 4.69) is 18.4 Å². The maximum Gasteiger partial charge on any atom is 0.171 e. The minimum atomic E-state index is 0.125. The molecule has 0 radical (unpaired) electrons. The summed E-state index contributed by atoms with van der Waals surface area (Å²) in [6.07, 6.45) is 5.83. The van der Waals surface area contributed by atoms with Gasteiger partial charge in [-0.25, -0.2) is 0 Å². The predicted molar refractivity (Wildman–Crippen MR) is 44.2 cm³/mol. The van der Waals surface area contributed by atoms with Crippen LogP contribution in [-0.2, 0) is 4.79 Å². The molecule has 2 heteroatoms. The second-order valence-electron chi connectivity index (χ2n) is 1.98. The highest BCUT2D eigenvalue weighted by atomic mass is 32.1. The Hall–Kier alpha value is -0.720. The number of hydrogen-bond acceptors (Lipinski definition) is 2. The SMILES string of the molecule is O=C(CCS)C1=C=CC=C1. The van der Waals surface area contributed by atoms with Crippen molar-refractivity contribution in [3.8, 4) is 0 Å². The number of allylic oxidation sites excluding steroid dienone is 3. The highest BCUT2D eigenvalue weighted by Crippen LogP contribution is 2.05. The first-order chi connectivity index (χ1) is 4.84. The number of rotatable bonds is 3. The maximum absolute atomic E-state index is 11.0. The van der Waals surface area contributed by atoms with Crippen molar-refractivity contribution in [1.82, 2.24) is 0 Å². The van der Waals surface area contributed by atoms with Gasteiger partial charge in [-0.1, -0.05) is 6.08 Å². The zero-order valence-electron chi connectivity index (χ0n) is 5.50. The second-order valence-corrected chi connectivity index (χ2v) is 2.43. The van der Waals surface area contributed by atoms with Crippen LogP contribution in [0.3, 0.4) is 0 Å². The van der Waals surface area contributed by atoms with Crippen LogP contribution in [0.4, 0.5) is 0 Å². The topological polar surface area (TPSA) is 17.1 Å². The molecule has 0 spiro atoms. The standard InChI is InChI=1S/C8H8OS/c9-8(5-6-10)7-3-1-2-4-7/h1-3,10H,5-6H2. The number of Topliss-reactive ketones (excluding diaryl/α,β-unsaturated/α-hetero) is 1. The fourth-order valence-electron chi connectivity index (χ4n) is 0.740. The average molecular weight is 152 g/mol. The van der Waals surface area contributed by atoms with Gasteiger partial charge < -0.3 is 0 Å². The van der Waals surface area contributed by atoms with Crippen molar-refractivity contribution in [3.05, 3.63) is 29.5 Å². The van der Waals surface area contributed by atoms with Gasteiger partial charge in [0.15, 0.2) is 5.78 Å². The van der Waals surface area contributed by atoms with E-state index in [9.17, 15) is 4.79 Å². The van der Waals surface area contributed by atoms with Gasteiger partial charge in [-0.15, -0.1) is 5.73 Å². The highest BCUT2D eigenvalue weighted by molar-refractivity contribution is 7.80. The summed E-state index contributed by atoms with van der Waals surface area (Å²) < 4.78 is 0. The van der Waals surface area contributed by atoms with E-state index >= 15 is 0 Å². The summed E-state index contributed by atoms with van der Waals surface area (Å²) in [4.78, 5) is 11.0. The summed E-state index contributed by atoms with van der Waals surface area (Å²) >= 11 is 3.96. The minimum Gasteiger partial charge on any atom is -0.293 e. The highest BCUT2D eigenvalue weighted by Gasteiger charge is 2.04. The maximum atomic E-state index is 11.0. The first kappa shape index (κ1) is 7.39. The number of ketones is 1. The zero-order chi connectivity index (χ0) is 7.40. The van der Waals surface area contributed by atoms with Gasteiger partial charge in [-0.2, -0.15) is 12.6 Å². The Labute approximate surface area is 65.5 Å². The van der Waals surface area contributed by atoms with Crippen LogP contribution in [0, 0.1) is 0 Å². The fourth-order valence-corrected chi connectivity index (χ4v) is 0.943. The zero-order valence-corrected chi connectivity index (χ0v) is 6.40. The minimum absolute atomic E-state index is 0.125. The second kappa shape index (κ2) is 3.45. The number of thiol groups is 1. The molecule has 0 aromatic carbocycles. The fraction of sp³-hybridized carbons (Fsp3) is 0.250. The quantitative estimate of drug-likeness (QED) is 0.479. The molecule has 0 aromatic rings. The molecule has 1 rings (SSSR count). The van der Waals surface area contributed by atoms with E-state index < -0.39 is 0 Å². The van der Waals surface area contributed by atoms with Crippen molar-refractivity contribution in [2.75, 3.05) is 5.75 Å². The lowest BCUT2D eigenvalue weighted by Gasteiger charge is -1.91. The molecule has 0 saturated carbocycles. The number of hydrogen-bond donors (Lipinski definition) is 1. The van der Waals surface area contributed by atoms with E-state index in [1.165, 1.54) is 0 Å². The Morgan fingerprint density at radius 1 is 1.70 bits per heavy atom.